The molecule has 0 aliphatic heterocycles. The van der Waals surface area contributed by atoms with Crippen LogP contribution in [0.25, 0.3) is 10.8 Å². The number of fused-ring (bicyclic) bond motifs is 1. The first-order chi connectivity index (χ1) is 5.77. The second-order valence-corrected chi connectivity index (χ2v) is 4.38. The van der Waals surface area contributed by atoms with E-state index in [2.05, 4.69) is 56.1 Å². The number of hydrogen-bond acceptors (Lipinski definition) is 0. The lowest BCUT2D eigenvalue weighted by Crippen LogP contribution is -1.74. The van der Waals surface area contributed by atoms with Crippen molar-refractivity contribution < 1.29 is 0 Å². The Kier molecular flexibility index (Phi) is 2.20. The van der Waals surface area contributed by atoms with Gasteiger partial charge in [-0.25, -0.2) is 0 Å². The van der Waals surface area contributed by atoms with Crippen LogP contribution in [0.5, 0.6) is 0 Å². The van der Waals surface area contributed by atoms with Gasteiger partial charge in [0.1, 0.15) is 0 Å². The second kappa shape index (κ2) is 3.19. The van der Waals surface area contributed by atoms with Crippen LogP contribution < -0.4 is 0 Å². The highest BCUT2D eigenvalue weighted by molar-refractivity contribution is 9.11. The molecular weight excluding hydrogens is 280 g/mol. The fourth-order valence-corrected chi connectivity index (χ4v) is 2.62. The lowest BCUT2D eigenvalue weighted by atomic mass is 10.1. The van der Waals surface area contributed by atoms with Crippen molar-refractivity contribution in [2.24, 2.45) is 0 Å². The van der Waals surface area contributed by atoms with Crippen LogP contribution >= 0.6 is 31.9 Å². The Labute approximate surface area is 87.8 Å². The van der Waals surface area contributed by atoms with Crippen LogP contribution in [-0.4, -0.2) is 0 Å². The third-order valence-electron chi connectivity index (χ3n) is 1.78. The Bertz CT molecular complexity index is 421. The maximum atomic E-state index is 3.52. The molecule has 0 amide bonds. The third-order valence-corrected chi connectivity index (χ3v) is 2.89. The summed E-state index contributed by atoms with van der Waals surface area (Å²) in [6.07, 6.45) is 0. The van der Waals surface area contributed by atoms with Gasteiger partial charge in [0.05, 0.1) is 0 Å². The molecule has 2 aromatic carbocycles. The molecule has 0 bridgehead atoms. The van der Waals surface area contributed by atoms with E-state index < -0.39 is 0 Å². The van der Waals surface area contributed by atoms with Crippen molar-refractivity contribution in [1.82, 2.24) is 0 Å². The molecule has 2 heteroatoms. The predicted octanol–water partition coefficient (Wildman–Crippen LogP) is 4.36. The Morgan fingerprint density at radius 1 is 0.917 bits per heavy atom. The van der Waals surface area contributed by atoms with Crippen molar-refractivity contribution in [2.45, 2.75) is 0 Å². The number of hydrogen-bond donors (Lipinski definition) is 0. The van der Waals surface area contributed by atoms with E-state index in [1.807, 2.05) is 12.1 Å². The van der Waals surface area contributed by atoms with Crippen LogP contribution in [-0.2, 0) is 0 Å². The Hall–Kier alpha value is -0.340. The van der Waals surface area contributed by atoms with E-state index in [-0.39, 0.29) is 0 Å². The predicted molar refractivity (Wildman–Crippen MR) is 59.3 cm³/mol. The summed E-state index contributed by atoms with van der Waals surface area (Å²) in [4.78, 5) is 0. The van der Waals surface area contributed by atoms with E-state index in [1.54, 1.807) is 0 Å². The summed E-state index contributed by atoms with van der Waals surface area (Å²) in [5, 5.41) is 2.50. The van der Waals surface area contributed by atoms with E-state index in [0.29, 0.717) is 0 Å². The maximum absolute atomic E-state index is 3.52. The fraction of sp³-hybridized carbons (Fsp3) is 0. The van der Waals surface area contributed by atoms with Crippen LogP contribution in [0, 0.1) is 0 Å². The topological polar surface area (TPSA) is 0 Å². The summed E-state index contributed by atoms with van der Waals surface area (Å²) in [6.45, 7) is 0. The molecule has 0 aliphatic carbocycles. The third kappa shape index (κ3) is 1.41. The molecule has 0 fully saturated rings. The lowest BCUT2D eigenvalue weighted by molar-refractivity contribution is 1.66. The van der Waals surface area contributed by atoms with E-state index in [9.17, 15) is 0 Å². The Balaban J connectivity index is 2.89. The summed E-state index contributed by atoms with van der Waals surface area (Å²) in [5.74, 6) is 0. The van der Waals surface area contributed by atoms with Gasteiger partial charge in [-0.05, 0) is 22.9 Å². The average Bonchev–Trinajstić information content (AvgIpc) is 2.04. The first-order valence-corrected chi connectivity index (χ1v) is 5.20. The number of halogens is 2. The molecule has 0 radical (unpaired) electrons. The highest BCUT2D eigenvalue weighted by Crippen LogP contribution is 2.27. The molecule has 0 N–H and O–H groups in total. The number of rotatable bonds is 0. The van der Waals surface area contributed by atoms with Crippen LogP contribution in [0.4, 0.5) is 0 Å². The first-order valence-electron chi connectivity index (χ1n) is 3.61. The molecule has 0 aliphatic rings. The molecule has 0 aromatic heterocycles. The van der Waals surface area contributed by atoms with Crippen LogP contribution in [0.2, 0.25) is 0 Å². The summed E-state index contributed by atoms with van der Waals surface area (Å²) in [7, 11) is 0. The fourth-order valence-electron chi connectivity index (χ4n) is 1.23. The molecule has 0 nitrogen and oxygen atoms in total. The van der Waals surface area contributed by atoms with Crippen LogP contribution in [0.1, 0.15) is 0 Å². The van der Waals surface area contributed by atoms with Gasteiger partial charge in [0.2, 0.25) is 0 Å². The summed E-state index contributed by atoms with van der Waals surface area (Å²) >= 11 is 6.97. The molecule has 0 saturated carbocycles. The van der Waals surface area contributed by atoms with E-state index >= 15 is 0 Å². The van der Waals surface area contributed by atoms with Crippen LogP contribution in [0.3, 0.4) is 0 Å². The zero-order valence-electron chi connectivity index (χ0n) is 6.22. The van der Waals surface area contributed by atoms with E-state index in [1.165, 1.54) is 10.8 Å². The molecule has 2 aromatic rings. The van der Waals surface area contributed by atoms with Crippen LogP contribution in [0.15, 0.2) is 45.3 Å². The van der Waals surface area contributed by atoms with E-state index in [4.69, 9.17) is 0 Å². The van der Waals surface area contributed by atoms with Crippen molar-refractivity contribution in [3.05, 3.63) is 45.3 Å². The highest BCUT2D eigenvalue weighted by Gasteiger charge is 1.98. The SMILES string of the molecule is Brc1cc(Br)c2ccccc2c1. The molecule has 0 saturated heterocycles. The van der Waals surface area contributed by atoms with Crippen molar-refractivity contribution in [1.29, 1.82) is 0 Å². The molecule has 60 valence electrons. The smallest absolute Gasteiger partial charge is 0.0264 e. The molecule has 0 unspecified atom stereocenters. The minimum absolute atomic E-state index is 1.10. The second-order valence-electron chi connectivity index (χ2n) is 2.61. The minimum Gasteiger partial charge on any atom is -0.0616 e. The maximum Gasteiger partial charge on any atom is 0.0264 e. The van der Waals surface area contributed by atoms with Crippen molar-refractivity contribution >= 4 is 42.6 Å². The molecule has 2 rings (SSSR count). The normalized spacial score (nSPS) is 10.5. The van der Waals surface area contributed by atoms with Crippen molar-refractivity contribution in [3.63, 3.8) is 0 Å². The Morgan fingerprint density at radius 2 is 1.67 bits per heavy atom. The average molecular weight is 286 g/mol. The van der Waals surface area contributed by atoms with Gasteiger partial charge >= 0.3 is 0 Å². The number of benzene rings is 2. The minimum atomic E-state index is 1.10. The molecular formula is C10H6Br2. The van der Waals surface area contributed by atoms with Gasteiger partial charge in [0, 0.05) is 8.95 Å². The van der Waals surface area contributed by atoms with E-state index in [0.717, 1.165) is 8.95 Å². The zero-order chi connectivity index (χ0) is 8.55. The van der Waals surface area contributed by atoms with Gasteiger partial charge in [-0.15, -0.1) is 0 Å². The largest absolute Gasteiger partial charge is 0.0616 e. The molecule has 0 heterocycles. The Morgan fingerprint density at radius 3 is 2.50 bits per heavy atom. The zero-order valence-corrected chi connectivity index (χ0v) is 9.39. The summed E-state index contributed by atoms with van der Waals surface area (Å²) < 4.78 is 2.24. The summed E-state index contributed by atoms with van der Waals surface area (Å²) in [5.41, 5.74) is 0. The van der Waals surface area contributed by atoms with Crippen molar-refractivity contribution in [2.75, 3.05) is 0 Å². The van der Waals surface area contributed by atoms with Gasteiger partial charge in [-0.3, -0.25) is 0 Å². The molecule has 0 atom stereocenters. The first kappa shape index (κ1) is 8.27. The molecule has 0 spiro atoms. The van der Waals surface area contributed by atoms with Crippen molar-refractivity contribution in [3.8, 4) is 0 Å². The molecule has 12 heavy (non-hydrogen) atoms. The van der Waals surface area contributed by atoms with Gasteiger partial charge in [-0.1, -0.05) is 56.1 Å². The summed E-state index contributed by atoms with van der Waals surface area (Å²) in [6, 6.07) is 12.5. The lowest BCUT2D eigenvalue weighted by Gasteiger charge is -2.00. The van der Waals surface area contributed by atoms with Gasteiger partial charge in [0.15, 0.2) is 0 Å². The van der Waals surface area contributed by atoms with Gasteiger partial charge < -0.3 is 0 Å². The quantitative estimate of drug-likeness (QED) is 0.674. The monoisotopic (exact) mass is 284 g/mol. The van der Waals surface area contributed by atoms with Gasteiger partial charge in [-0.2, -0.15) is 0 Å². The van der Waals surface area contributed by atoms with Gasteiger partial charge in [0.25, 0.3) is 0 Å². The highest BCUT2D eigenvalue weighted by atomic mass is 79.9. The standard InChI is InChI=1S/C10H6Br2/c11-8-5-7-3-1-2-4-9(7)10(12)6-8/h1-6H.